The van der Waals surface area contributed by atoms with Gasteiger partial charge in [-0.2, -0.15) is 0 Å². The van der Waals surface area contributed by atoms with Crippen LogP contribution in [0.3, 0.4) is 0 Å². The van der Waals surface area contributed by atoms with Crippen LogP contribution in [0.25, 0.3) is 0 Å². The van der Waals surface area contributed by atoms with Gasteiger partial charge >= 0.3 is 0 Å². The molecule has 7 nitrogen and oxygen atoms in total. The summed E-state index contributed by atoms with van der Waals surface area (Å²) in [5.41, 5.74) is 2.79. The largest absolute Gasteiger partial charge is 0.352 e. The summed E-state index contributed by atoms with van der Waals surface area (Å²) < 4.78 is 29.2. The number of hydrogen-bond donors (Lipinski definition) is 1. The molecule has 4 rings (SSSR count). The summed E-state index contributed by atoms with van der Waals surface area (Å²) in [4.78, 5) is 29.9. The van der Waals surface area contributed by atoms with Crippen molar-refractivity contribution in [2.45, 2.75) is 57.1 Å². The van der Waals surface area contributed by atoms with Gasteiger partial charge in [-0.1, -0.05) is 103 Å². The molecular weight excluding hydrogens is 594 g/mol. The molecule has 4 aromatic carbocycles. The molecule has 0 saturated carbocycles. The molecule has 0 unspecified atom stereocenters. The second kappa shape index (κ2) is 15.0. The third-order valence-corrected chi connectivity index (χ3v) is 9.66. The van der Waals surface area contributed by atoms with Crippen LogP contribution in [0.15, 0.2) is 114 Å². The van der Waals surface area contributed by atoms with Gasteiger partial charge in [0.25, 0.3) is 10.0 Å². The highest BCUT2D eigenvalue weighted by Crippen LogP contribution is 2.26. The standard InChI is InChI=1S/C35H38ClN3O4S/c1-4-27(3)37-35(41)33(23-28-13-7-5-8-14-28)38(24-29-15-11-12-18-32(29)36)34(40)25-39(30-21-19-26(2)20-22-30)44(42,43)31-16-9-6-10-17-31/h5-22,27,33H,4,23-25H2,1-3H3,(H,37,41)/t27-,33-/m0/s1. The Hall–Kier alpha value is -4.14. The Morgan fingerprint density at radius 3 is 2.05 bits per heavy atom. The van der Waals surface area contributed by atoms with Crippen LogP contribution < -0.4 is 9.62 Å². The van der Waals surface area contributed by atoms with Crippen LogP contribution in [0.5, 0.6) is 0 Å². The van der Waals surface area contributed by atoms with E-state index in [9.17, 15) is 18.0 Å². The van der Waals surface area contributed by atoms with Crippen LogP contribution >= 0.6 is 11.6 Å². The fourth-order valence-corrected chi connectivity index (χ4v) is 6.40. The molecule has 0 radical (unpaired) electrons. The van der Waals surface area contributed by atoms with Gasteiger partial charge in [-0.05, 0) is 61.7 Å². The minimum Gasteiger partial charge on any atom is -0.352 e. The van der Waals surface area contributed by atoms with Crippen molar-refractivity contribution in [3.05, 3.63) is 131 Å². The van der Waals surface area contributed by atoms with E-state index in [0.717, 1.165) is 15.4 Å². The van der Waals surface area contributed by atoms with Gasteiger partial charge in [-0.3, -0.25) is 13.9 Å². The van der Waals surface area contributed by atoms with E-state index in [4.69, 9.17) is 11.6 Å². The summed E-state index contributed by atoms with van der Waals surface area (Å²) in [5, 5.41) is 3.48. The molecule has 0 spiro atoms. The highest BCUT2D eigenvalue weighted by Gasteiger charge is 2.35. The number of nitrogens with one attached hydrogen (secondary N) is 1. The van der Waals surface area contributed by atoms with Gasteiger partial charge in [0, 0.05) is 24.0 Å². The molecule has 0 fully saturated rings. The highest BCUT2D eigenvalue weighted by atomic mass is 35.5. The Balaban J connectivity index is 1.80. The second-order valence-corrected chi connectivity index (χ2v) is 13.1. The molecule has 0 aliphatic rings. The summed E-state index contributed by atoms with van der Waals surface area (Å²) >= 11 is 6.55. The van der Waals surface area contributed by atoms with Gasteiger partial charge in [-0.15, -0.1) is 0 Å². The van der Waals surface area contributed by atoms with Crippen molar-refractivity contribution in [2.75, 3.05) is 10.8 Å². The minimum atomic E-state index is -4.15. The van der Waals surface area contributed by atoms with Gasteiger partial charge in [0.1, 0.15) is 12.6 Å². The van der Waals surface area contributed by atoms with Crippen molar-refractivity contribution >= 4 is 39.1 Å². The first-order valence-electron chi connectivity index (χ1n) is 14.6. The van der Waals surface area contributed by atoms with E-state index in [1.165, 1.54) is 17.0 Å². The average Bonchev–Trinajstić information content (AvgIpc) is 3.03. The van der Waals surface area contributed by atoms with Crippen LogP contribution in [-0.4, -0.2) is 43.8 Å². The van der Waals surface area contributed by atoms with E-state index >= 15 is 0 Å². The lowest BCUT2D eigenvalue weighted by molar-refractivity contribution is -0.140. The fraction of sp³-hybridized carbons (Fsp3) is 0.257. The third-order valence-electron chi connectivity index (χ3n) is 7.50. The third kappa shape index (κ3) is 8.27. The van der Waals surface area contributed by atoms with Crippen molar-refractivity contribution in [3.63, 3.8) is 0 Å². The molecule has 0 aliphatic carbocycles. The summed E-state index contributed by atoms with van der Waals surface area (Å²) in [6.45, 7) is 5.27. The highest BCUT2D eigenvalue weighted by molar-refractivity contribution is 7.92. The van der Waals surface area contributed by atoms with Crippen LogP contribution in [0.1, 0.15) is 37.0 Å². The number of amides is 2. The second-order valence-electron chi connectivity index (χ2n) is 10.8. The van der Waals surface area contributed by atoms with Crippen LogP contribution in [0.2, 0.25) is 5.02 Å². The molecule has 0 saturated heterocycles. The number of nitrogens with zero attached hydrogens (tertiary/aromatic N) is 2. The summed E-state index contributed by atoms with van der Waals surface area (Å²) in [6.07, 6.45) is 0.939. The lowest BCUT2D eigenvalue weighted by atomic mass is 10.0. The van der Waals surface area contributed by atoms with Crippen molar-refractivity contribution < 1.29 is 18.0 Å². The molecule has 0 bridgehead atoms. The van der Waals surface area contributed by atoms with Crippen molar-refractivity contribution in [2.24, 2.45) is 0 Å². The van der Waals surface area contributed by atoms with Crippen LogP contribution in [0, 0.1) is 6.92 Å². The predicted molar refractivity (Wildman–Crippen MR) is 176 cm³/mol. The number of halogens is 1. The van der Waals surface area contributed by atoms with Crippen molar-refractivity contribution in [3.8, 4) is 0 Å². The van der Waals surface area contributed by atoms with Crippen LogP contribution in [0.4, 0.5) is 5.69 Å². The molecular formula is C35H38ClN3O4S. The summed E-state index contributed by atoms with van der Waals surface area (Å²) in [6, 6.07) is 30.5. The smallest absolute Gasteiger partial charge is 0.264 e. The maximum absolute atomic E-state index is 14.5. The predicted octanol–water partition coefficient (Wildman–Crippen LogP) is 6.40. The van der Waals surface area contributed by atoms with Gasteiger partial charge in [-0.25, -0.2) is 8.42 Å². The van der Waals surface area contributed by atoms with Gasteiger partial charge in [0.2, 0.25) is 11.8 Å². The monoisotopic (exact) mass is 631 g/mol. The maximum Gasteiger partial charge on any atom is 0.264 e. The number of sulfonamides is 1. The molecule has 0 aliphatic heterocycles. The summed E-state index contributed by atoms with van der Waals surface area (Å²) in [5.74, 6) is -0.860. The quantitative estimate of drug-likeness (QED) is 0.185. The molecule has 230 valence electrons. The van der Waals surface area contributed by atoms with E-state index < -0.39 is 28.5 Å². The van der Waals surface area contributed by atoms with E-state index in [2.05, 4.69) is 5.32 Å². The molecule has 0 heterocycles. The zero-order valence-electron chi connectivity index (χ0n) is 25.2. The Kier molecular flexibility index (Phi) is 11.2. The Morgan fingerprint density at radius 2 is 1.43 bits per heavy atom. The number of carbonyl (C=O) groups is 2. The number of carbonyl (C=O) groups excluding carboxylic acids is 2. The molecule has 1 N–H and O–H groups in total. The van der Waals surface area contributed by atoms with Crippen molar-refractivity contribution in [1.82, 2.24) is 10.2 Å². The molecule has 2 amide bonds. The Bertz CT molecular complexity index is 1650. The molecule has 0 aromatic heterocycles. The first-order valence-corrected chi connectivity index (χ1v) is 16.4. The first kappa shape index (κ1) is 32.8. The van der Waals surface area contributed by atoms with Gasteiger partial charge in [0.15, 0.2) is 0 Å². The summed E-state index contributed by atoms with van der Waals surface area (Å²) in [7, 11) is -4.15. The number of hydrogen-bond acceptors (Lipinski definition) is 4. The Morgan fingerprint density at radius 1 is 0.841 bits per heavy atom. The number of rotatable bonds is 13. The van der Waals surface area contributed by atoms with E-state index in [1.807, 2.05) is 57.2 Å². The molecule has 9 heteroatoms. The number of benzene rings is 4. The minimum absolute atomic E-state index is 0.0110. The molecule has 4 aromatic rings. The lowest BCUT2D eigenvalue weighted by Crippen LogP contribution is -2.54. The molecule has 44 heavy (non-hydrogen) atoms. The maximum atomic E-state index is 14.5. The fourth-order valence-electron chi connectivity index (χ4n) is 4.76. The zero-order valence-corrected chi connectivity index (χ0v) is 26.8. The zero-order chi connectivity index (χ0) is 31.7. The van der Waals surface area contributed by atoms with E-state index in [0.29, 0.717) is 22.7 Å². The van der Waals surface area contributed by atoms with Crippen LogP contribution in [-0.2, 0) is 32.6 Å². The topological polar surface area (TPSA) is 86.8 Å². The number of anilines is 1. The number of aryl methyl sites for hydroxylation is 1. The SMILES string of the molecule is CC[C@H](C)NC(=O)[C@H](Cc1ccccc1)N(Cc1ccccc1Cl)C(=O)CN(c1ccc(C)cc1)S(=O)(=O)c1ccccc1. The normalized spacial score (nSPS) is 12.6. The molecule has 2 atom stereocenters. The van der Waals surface area contributed by atoms with E-state index in [1.54, 1.807) is 60.7 Å². The van der Waals surface area contributed by atoms with Crippen molar-refractivity contribution in [1.29, 1.82) is 0 Å². The Labute approximate surface area is 265 Å². The first-order chi connectivity index (χ1) is 21.1. The van der Waals surface area contributed by atoms with E-state index in [-0.39, 0.29) is 29.8 Å². The average molecular weight is 632 g/mol. The lowest BCUT2D eigenvalue weighted by Gasteiger charge is -2.34. The van der Waals surface area contributed by atoms with Gasteiger partial charge in [0.05, 0.1) is 10.6 Å². The van der Waals surface area contributed by atoms with Gasteiger partial charge < -0.3 is 10.2 Å².